The molecule has 1 saturated carbocycles. The van der Waals surface area contributed by atoms with Crippen LogP contribution in [0.4, 0.5) is 0 Å². The van der Waals surface area contributed by atoms with Crippen LogP contribution in [0, 0.1) is 5.41 Å². The Bertz CT molecular complexity index is 330. The Balaban J connectivity index is 2.65. The minimum absolute atomic E-state index is 0.0997. The van der Waals surface area contributed by atoms with Crippen molar-refractivity contribution in [3.05, 3.63) is 12.2 Å². The summed E-state index contributed by atoms with van der Waals surface area (Å²) in [6.07, 6.45) is 3.17. The minimum atomic E-state index is -0.827. The van der Waals surface area contributed by atoms with Gasteiger partial charge in [0.2, 0.25) is 5.91 Å². The first-order chi connectivity index (χ1) is 7.87. The number of amides is 1. The lowest BCUT2D eigenvalue weighted by Gasteiger charge is -2.26. The van der Waals surface area contributed by atoms with Crippen molar-refractivity contribution in [2.24, 2.45) is 5.41 Å². The van der Waals surface area contributed by atoms with E-state index in [4.69, 9.17) is 0 Å². The Hall–Kier alpha value is -1.32. The molecule has 1 aliphatic rings. The summed E-state index contributed by atoms with van der Waals surface area (Å²) in [5.41, 5.74) is 0.0806. The number of nitrogens with zero attached hydrogens (tertiary/aromatic N) is 1. The summed E-state index contributed by atoms with van der Waals surface area (Å²) in [7, 11) is 1.70. The zero-order valence-corrected chi connectivity index (χ0v) is 10.7. The second kappa shape index (κ2) is 5.34. The third-order valence-electron chi connectivity index (χ3n) is 3.44. The summed E-state index contributed by atoms with van der Waals surface area (Å²) in [5.74, 6) is -0.927. The second-order valence-electron chi connectivity index (χ2n) is 5.18. The minimum Gasteiger partial charge on any atom is -0.481 e. The lowest BCUT2D eigenvalue weighted by Crippen LogP contribution is -2.37. The SMILES string of the molecule is C=C(C)CN(C)C(=O)CC1(C(=O)O)CCCC1. The molecule has 0 heterocycles. The van der Waals surface area contributed by atoms with Gasteiger partial charge in [-0.05, 0) is 19.8 Å². The van der Waals surface area contributed by atoms with Crippen LogP contribution in [0.25, 0.3) is 0 Å². The zero-order chi connectivity index (χ0) is 13.1. The Morgan fingerprint density at radius 3 is 2.29 bits per heavy atom. The molecule has 17 heavy (non-hydrogen) atoms. The number of carbonyl (C=O) groups is 2. The Kier molecular flexibility index (Phi) is 4.32. The third kappa shape index (κ3) is 3.32. The topological polar surface area (TPSA) is 57.6 Å². The van der Waals surface area contributed by atoms with Gasteiger partial charge in [0.1, 0.15) is 0 Å². The van der Waals surface area contributed by atoms with Crippen molar-refractivity contribution in [3.8, 4) is 0 Å². The summed E-state index contributed by atoms with van der Waals surface area (Å²) in [6.45, 7) is 6.10. The predicted octanol–water partition coefficient (Wildman–Crippen LogP) is 2.06. The van der Waals surface area contributed by atoms with Gasteiger partial charge in [0.25, 0.3) is 0 Å². The summed E-state index contributed by atoms with van der Waals surface area (Å²) >= 11 is 0. The molecule has 1 fully saturated rings. The van der Waals surface area contributed by atoms with E-state index in [0.717, 1.165) is 18.4 Å². The van der Waals surface area contributed by atoms with Crippen LogP contribution < -0.4 is 0 Å². The van der Waals surface area contributed by atoms with E-state index in [1.165, 1.54) is 0 Å². The molecule has 0 unspecified atom stereocenters. The van der Waals surface area contributed by atoms with Gasteiger partial charge in [0.05, 0.1) is 5.41 Å². The molecule has 0 radical (unpaired) electrons. The molecule has 0 saturated heterocycles. The quantitative estimate of drug-likeness (QED) is 0.747. The van der Waals surface area contributed by atoms with Gasteiger partial charge < -0.3 is 10.0 Å². The number of hydrogen-bond acceptors (Lipinski definition) is 2. The lowest BCUT2D eigenvalue weighted by atomic mass is 9.82. The third-order valence-corrected chi connectivity index (χ3v) is 3.44. The molecule has 0 aromatic carbocycles. The van der Waals surface area contributed by atoms with E-state index >= 15 is 0 Å². The Morgan fingerprint density at radius 2 is 1.88 bits per heavy atom. The van der Waals surface area contributed by atoms with Crippen molar-refractivity contribution < 1.29 is 14.7 Å². The first kappa shape index (κ1) is 13.7. The van der Waals surface area contributed by atoms with Crippen molar-refractivity contribution >= 4 is 11.9 Å². The second-order valence-corrected chi connectivity index (χ2v) is 5.18. The number of carboxylic acids is 1. The number of rotatable bonds is 5. The predicted molar refractivity (Wildman–Crippen MR) is 65.6 cm³/mol. The van der Waals surface area contributed by atoms with E-state index in [0.29, 0.717) is 19.4 Å². The van der Waals surface area contributed by atoms with Crippen LogP contribution in [0.15, 0.2) is 12.2 Å². The first-order valence-corrected chi connectivity index (χ1v) is 5.99. The van der Waals surface area contributed by atoms with Gasteiger partial charge in [0.15, 0.2) is 0 Å². The summed E-state index contributed by atoms with van der Waals surface area (Å²) in [5, 5.41) is 9.29. The van der Waals surface area contributed by atoms with Gasteiger partial charge >= 0.3 is 5.97 Å². The lowest BCUT2D eigenvalue weighted by molar-refractivity contribution is -0.153. The van der Waals surface area contributed by atoms with Crippen LogP contribution in [0.1, 0.15) is 39.0 Å². The van der Waals surface area contributed by atoms with E-state index in [9.17, 15) is 14.7 Å². The molecular formula is C13H21NO3. The van der Waals surface area contributed by atoms with E-state index in [-0.39, 0.29) is 12.3 Å². The van der Waals surface area contributed by atoms with E-state index < -0.39 is 11.4 Å². The van der Waals surface area contributed by atoms with E-state index in [1.807, 2.05) is 6.92 Å². The maximum Gasteiger partial charge on any atom is 0.310 e. The van der Waals surface area contributed by atoms with E-state index in [1.54, 1.807) is 11.9 Å². The zero-order valence-electron chi connectivity index (χ0n) is 10.7. The Labute approximate surface area is 102 Å². The molecule has 1 amide bonds. The molecule has 1 N–H and O–H groups in total. The summed E-state index contributed by atoms with van der Waals surface area (Å²) in [6, 6.07) is 0. The normalized spacial score (nSPS) is 17.8. The van der Waals surface area contributed by atoms with Crippen LogP contribution in [0.2, 0.25) is 0 Å². The van der Waals surface area contributed by atoms with Crippen LogP contribution in [-0.4, -0.2) is 35.5 Å². The van der Waals surface area contributed by atoms with Crippen LogP contribution in [0.3, 0.4) is 0 Å². The van der Waals surface area contributed by atoms with Gasteiger partial charge in [-0.15, -0.1) is 0 Å². The highest BCUT2D eigenvalue weighted by Crippen LogP contribution is 2.41. The number of carboxylic acid groups (broad SMARTS) is 1. The van der Waals surface area contributed by atoms with Crippen molar-refractivity contribution in [3.63, 3.8) is 0 Å². The Morgan fingerprint density at radius 1 is 1.35 bits per heavy atom. The largest absolute Gasteiger partial charge is 0.481 e. The molecule has 0 aromatic rings. The van der Waals surface area contributed by atoms with E-state index in [2.05, 4.69) is 6.58 Å². The molecule has 0 aliphatic heterocycles. The van der Waals surface area contributed by atoms with Crippen molar-refractivity contribution in [1.82, 2.24) is 4.90 Å². The number of hydrogen-bond donors (Lipinski definition) is 1. The maximum absolute atomic E-state index is 12.0. The van der Waals surface area contributed by atoms with Crippen LogP contribution in [0.5, 0.6) is 0 Å². The van der Waals surface area contributed by atoms with Gasteiger partial charge in [0, 0.05) is 20.0 Å². The first-order valence-electron chi connectivity index (χ1n) is 5.99. The molecule has 4 heteroatoms. The molecule has 4 nitrogen and oxygen atoms in total. The highest BCUT2D eigenvalue weighted by molar-refractivity contribution is 5.85. The summed E-state index contributed by atoms with van der Waals surface area (Å²) < 4.78 is 0. The van der Waals surface area contributed by atoms with Crippen molar-refractivity contribution in [2.45, 2.75) is 39.0 Å². The highest BCUT2D eigenvalue weighted by atomic mass is 16.4. The van der Waals surface area contributed by atoms with Gasteiger partial charge in [-0.3, -0.25) is 9.59 Å². The molecule has 0 atom stereocenters. The average molecular weight is 239 g/mol. The van der Waals surface area contributed by atoms with Crippen LogP contribution in [-0.2, 0) is 9.59 Å². The number of carbonyl (C=O) groups excluding carboxylic acids is 1. The molecule has 0 spiro atoms. The molecule has 0 aromatic heterocycles. The summed E-state index contributed by atoms with van der Waals surface area (Å²) in [4.78, 5) is 24.8. The molecular weight excluding hydrogens is 218 g/mol. The molecule has 0 bridgehead atoms. The average Bonchev–Trinajstić information content (AvgIpc) is 2.66. The van der Waals surface area contributed by atoms with Crippen molar-refractivity contribution in [2.75, 3.05) is 13.6 Å². The fourth-order valence-corrected chi connectivity index (χ4v) is 2.44. The molecule has 1 rings (SSSR count). The van der Waals surface area contributed by atoms with Crippen molar-refractivity contribution in [1.29, 1.82) is 0 Å². The molecule has 96 valence electrons. The fraction of sp³-hybridized carbons (Fsp3) is 0.692. The van der Waals surface area contributed by atoms with Crippen LogP contribution >= 0.6 is 0 Å². The monoisotopic (exact) mass is 239 g/mol. The number of likely N-dealkylation sites (N-methyl/N-ethyl adjacent to an activating group) is 1. The van der Waals surface area contributed by atoms with Gasteiger partial charge in [-0.1, -0.05) is 25.0 Å². The standard InChI is InChI=1S/C13H21NO3/c1-10(2)9-14(3)11(15)8-13(12(16)17)6-4-5-7-13/h1,4-9H2,2-3H3,(H,16,17). The maximum atomic E-state index is 12.0. The molecule has 1 aliphatic carbocycles. The smallest absolute Gasteiger partial charge is 0.310 e. The fourth-order valence-electron chi connectivity index (χ4n) is 2.44. The number of aliphatic carboxylic acids is 1. The van der Waals surface area contributed by atoms with Gasteiger partial charge in [-0.2, -0.15) is 0 Å². The van der Waals surface area contributed by atoms with Gasteiger partial charge in [-0.25, -0.2) is 0 Å². The highest BCUT2D eigenvalue weighted by Gasteiger charge is 2.43.